The molecule has 0 saturated carbocycles. The molecule has 2 atom stereocenters. The molecule has 27 heavy (non-hydrogen) atoms. The van der Waals surface area contributed by atoms with E-state index in [-0.39, 0.29) is 6.10 Å². The fraction of sp³-hybridized carbons (Fsp3) is 0.400. The number of morpholine rings is 1. The molecule has 0 bridgehead atoms. The van der Waals surface area contributed by atoms with E-state index in [0.717, 1.165) is 24.7 Å². The SMILES string of the molecule is CC1CN(Cn2nc(-c3ccco3)n(Cc3ccccc3)c2=S)C(C)CO1. The maximum Gasteiger partial charge on any atom is 0.199 e. The summed E-state index contributed by atoms with van der Waals surface area (Å²) in [6.07, 6.45) is 1.88. The molecule has 7 heteroatoms. The van der Waals surface area contributed by atoms with Gasteiger partial charge in [-0.3, -0.25) is 9.47 Å². The fourth-order valence-electron chi connectivity index (χ4n) is 3.37. The molecule has 1 aliphatic heterocycles. The van der Waals surface area contributed by atoms with Crippen molar-refractivity contribution in [2.45, 2.75) is 39.2 Å². The Balaban J connectivity index is 1.68. The Hall–Kier alpha value is -2.22. The minimum absolute atomic E-state index is 0.214. The first-order chi connectivity index (χ1) is 13.1. The average Bonchev–Trinajstić information content (AvgIpc) is 3.30. The van der Waals surface area contributed by atoms with Gasteiger partial charge in [-0.05, 0) is 43.8 Å². The summed E-state index contributed by atoms with van der Waals surface area (Å²) in [5.74, 6) is 1.47. The monoisotopic (exact) mass is 384 g/mol. The van der Waals surface area contributed by atoms with Gasteiger partial charge in [0.15, 0.2) is 16.4 Å². The number of aromatic nitrogens is 3. The smallest absolute Gasteiger partial charge is 0.199 e. The summed E-state index contributed by atoms with van der Waals surface area (Å²) in [7, 11) is 0. The Morgan fingerprint density at radius 3 is 2.70 bits per heavy atom. The number of benzene rings is 1. The molecule has 6 nitrogen and oxygen atoms in total. The number of furan rings is 1. The van der Waals surface area contributed by atoms with Crippen molar-refractivity contribution in [1.29, 1.82) is 0 Å². The van der Waals surface area contributed by atoms with Crippen LogP contribution in [0.1, 0.15) is 19.4 Å². The van der Waals surface area contributed by atoms with Crippen LogP contribution in [0.5, 0.6) is 0 Å². The van der Waals surface area contributed by atoms with E-state index < -0.39 is 0 Å². The third kappa shape index (κ3) is 3.90. The van der Waals surface area contributed by atoms with E-state index in [1.807, 2.05) is 39.6 Å². The lowest BCUT2D eigenvalue weighted by Crippen LogP contribution is -2.47. The molecule has 3 aromatic rings. The van der Waals surface area contributed by atoms with Crippen molar-refractivity contribution < 1.29 is 9.15 Å². The van der Waals surface area contributed by atoms with Crippen LogP contribution < -0.4 is 0 Å². The zero-order valence-corrected chi connectivity index (χ0v) is 16.4. The maximum absolute atomic E-state index is 5.79. The minimum Gasteiger partial charge on any atom is -0.461 e. The second-order valence-corrected chi connectivity index (χ2v) is 7.43. The van der Waals surface area contributed by atoms with Crippen LogP contribution >= 0.6 is 12.2 Å². The summed E-state index contributed by atoms with van der Waals surface area (Å²) in [5, 5.41) is 4.80. The summed E-state index contributed by atoms with van der Waals surface area (Å²) < 4.78 is 16.0. The zero-order valence-electron chi connectivity index (χ0n) is 15.6. The van der Waals surface area contributed by atoms with Crippen LogP contribution in [0, 0.1) is 4.77 Å². The van der Waals surface area contributed by atoms with Crippen LogP contribution in [0.25, 0.3) is 11.6 Å². The summed E-state index contributed by atoms with van der Waals surface area (Å²) in [4.78, 5) is 2.36. The van der Waals surface area contributed by atoms with Crippen molar-refractivity contribution in [1.82, 2.24) is 19.2 Å². The standard InChI is InChI=1S/C20H24N4O2S/c1-15-13-26-16(2)11-22(15)14-24-20(27)23(12-17-7-4-3-5-8-17)19(21-24)18-9-6-10-25-18/h3-10,15-16H,11-14H2,1-2H3. The second kappa shape index (κ2) is 7.80. The van der Waals surface area contributed by atoms with Crippen molar-refractivity contribution in [2.75, 3.05) is 13.2 Å². The highest BCUT2D eigenvalue weighted by atomic mass is 32.1. The Morgan fingerprint density at radius 1 is 1.15 bits per heavy atom. The lowest BCUT2D eigenvalue weighted by Gasteiger charge is -2.36. The molecule has 2 unspecified atom stereocenters. The van der Waals surface area contributed by atoms with Gasteiger partial charge in [-0.15, -0.1) is 5.10 Å². The maximum atomic E-state index is 5.79. The van der Waals surface area contributed by atoms with Gasteiger partial charge in [-0.2, -0.15) is 0 Å². The second-order valence-electron chi connectivity index (χ2n) is 7.06. The molecule has 2 aromatic heterocycles. The van der Waals surface area contributed by atoms with E-state index in [1.165, 1.54) is 5.56 Å². The molecule has 0 aliphatic carbocycles. The van der Waals surface area contributed by atoms with Gasteiger partial charge in [-0.1, -0.05) is 30.3 Å². The molecule has 4 rings (SSSR count). The van der Waals surface area contributed by atoms with Crippen LogP contribution in [0.4, 0.5) is 0 Å². The van der Waals surface area contributed by atoms with Crippen LogP contribution in [0.3, 0.4) is 0 Å². The van der Waals surface area contributed by atoms with Crippen LogP contribution in [0.2, 0.25) is 0 Å². The molecule has 1 aliphatic rings. The van der Waals surface area contributed by atoms with Gasteiger partial charge < -0.3 is 9.15 Å². The van der Waals surface area contributed by atoms with Crippen molar-refractivity contribution in [3.8, 4) is 11.6 Å². The first-order valence-electron chi connectivity index (χ1n) is 9.23. The highest BCUT2D eigenvalue weighted by Crippen LogP contribution is 2.21. The Kier molecular flexibility index (Phi) is 5.24. The molecule has 1 fully saturated rings. The molecule has 0 amide bonds. The van der Waals surface area contributed by atoms with E-state index >= 15 is 0 Å². The third-order valence-corrected chi connectivity index (χ3v) is 5.33. The van der Waals surface area contributed by atoms with Gasteiger partial charge in [0.05, 0.1) is 32.2 Å². The van der Waals surface area contributed by atoms with Crippen molar-refractivity contribution in [2.24, 2.45) is 0 Å². The molecule has 1 aromatic carbocycles. The van der Waals surface area contributed by atoms with Crippen molar-refractivity contribution in [3.05, 3.63) is 59.1 Å². The zero-order chi connectivity index (χ0) is 18.8. The van der Waals surface area contributed by atoms with Gasteiger partial charge in [0, 0.05) is 12.6 Å². The summed E-state index contributed by atoms with van der Waals surface area (Å²) in [6, 6.07) is 14.4. The number of hydrogen-bond acceptors (Lipinski definition) is 5. The molecule has 0 radical (unpaired) electrons. The van der Waals surface area contributed by atoms with Crippen LogP contribution in [0.15, 0.2) is 53.1 Å². The van der Waals surface area contributed by atoms with Crippen LogP contribution in [-0.4, -0.2) is 44.5 Å². The third-order valence-electron chi connectivity index (χ3n) is 4.90. The number of ether oxygens (including phenoxy) is 1. The predicted molar refractivity (Wildman–Crippen MR) is 106 cm³/mol. The average molecular weight is 385 g/mol. The Labute approximate surface area is 164 Å². The van der Waals surface area contributed by atoms with Gasteiger partial charge in [0.2, 0.25) is 0 Å². The molecule has 0 spiro atoms. The number of nitrogens with zero attached hydrogens (tertiary/aromatic N) is 4. The molecule has 1 saturated heterocycles. The van der Waals surface area contributed by atoms with E-state index in [2.05, 4.69) is 30.9 Å². The van der Waals surface area contributed by atoms with Gasteiger partial charge in [-0.25, -0.2) is 4.68 Å². The summed E-state index contributed by atoms with van der Waals surface area (Å²) in [5.41, 5.74) is 1.18. The van der Waals surface area contributed by atoms with Crippen molar-refractivity contribution in [3.63, 3.8) is 0 Å². The normalized spacial score (nSPS) is 20.8. The topological polar surface area (TPSA) is 48.4 Å². The number of hydrogen-bond donors (Lipinski definition) is 0. The molecular formula is C20H24N4O2S. The first-order valence-corrected chi connectivity index (χ1v) is 9.63. The molecule has 142 valence electrons. The van der Waals surface area contributed by atoms with E-state index in [4.69, 9.17) is 26.5 Å². The van der Waals surface area contributed by atoms with Gasteiger partial charge in [0.25, 0.3) is 0 Å². The largest absolute Gasteiger partial charge is 0.461 e. The summed E-state index contributed by atoms with van der Waals surface area (Å²) >= 11 is 5.79. The quantitative estimate of drug-likeness (QED) is 0.627. The van der Waals surface area contributed by atoms with E-state index in [9.17, 15) is 0 Å². The molecular weight excluding hydrogens is 360 g/mol. The van der Waals surface area contributed by atoms with Crippen molar-refractivity contribution >= 4 is 12.2 Å². The van der Waals surface area contributed by atoms with Gasteiger partial charge in [0.1, 0.15) is 0 Å². The minimum atomic E-state index is 0.214. The molecule has 3 heterocycles. The van der Waals surface area contributed by atoms with E-state index in [1.54, 1.807) is 6.26 Å². The van der Waals surface area contributed by atoms with Crippen LogP contribution in [-0.2, 0) is 18.0 Å². The Bertz CT molecular complexity index is 933. The lowest BCUT2D eigenvalue weighted by atomic mass is 10.2. The van der Waals surface area contributed by atoms with E-state index in [0.29, 0.717) is 24.0 Å². The lowest BCUT2D eigenvalue weighted by molar-refractivity contribution is -0.0625. The predicted octanol–water partition coefficient (Wildman–Crippen LogP) is 3.79. The molecule has 0 N–H and O–H groups in total. The number of rotatable bonds is 5. The fourth-order valence-corrected chi connectivity index (χ4v) is 3.62. The van der Waals surface area contributed by atoms with Gasteiger partial charge >= 0.3 is 0 Å². The first kappa shape index (κ1) is 18.2. The Morgan fingerprint density at radius 2 is 1.96 bits per heavy atom. The summed E-state index contributed by atoms with van der Waals surface area (Å²) in [6.45, 7) is 7.16. The highest BCUT2D eigenvalue weighted by Gasteiger charge is 2.25. The highest BCUT2D eigenvalue weighted by molar-refractivity contribution is 7.71.